The summed E-state index contributed by atoms with van der Waals surface area (Å²) in [5, 5.41) is 3.53. The van der Waals surface area contributed by atoms with E-state index in [0.29, 0.717) is 5.69 Å². The van der Waals surface area contributed by atoms with E-state index in [9.17, 15) is 13.2 Å². The van der Waals surface area contributed by atoms with Gasteiger partial charge in [-0.25, -0.2) is 0 Å². The number of alkyl halides is 3. The first kappa shape index (κ1) is 16.4. The molecule has 0 aliphatic rings. The molecule has 0 unspecified atom stereocenters. The number of halogens is 3. The zero-order chi connectivity index (χ0) is 14.9. The summed E-state index contributed by atoms with van der Waals surface area (Å²) >= 11 is 0. The molecule has 7 heteroatoms. The fourth-order valence-corrected chi connectivity index (χ4v) is 1.89. The van der Waals surface area contributed by atoms with E-state index in [4.69, 9.17) is 0 Å². The number of rotatable bonds is 2. The second-order valence-corrected chi connectivity index (χ2v) is 4.32. The largest absolute Gasteiger partial charge is 0.435 e. The smallest absolute Gasteiger partial charge is 0.265 e. The van der Waals surface area contributed by atoms with Gasteiger partial charge >= 0.3 is 6.18 Å². The standard InChI is InChI=1S/C15H9F3N3.Ir/c16-15(17,18)14-7-9-21(20-14)12-5-3-4-11(10-12)13-6-1-2-8-19-13;/h1-4,6-10H;/q-1;. The molecule has 3 nitrogen and oxygen atoms in total. The van der Waals surface area contributed by atoms with E-state index in [1.54, 1.807) is 30.5 Å². The summed E-state index contributed by atoms with van der Waals surface area (Å²) in [5.41, 5.74) is 1.01. The third-order valence-electron chi connectivity index (χ3n) is 2.87. The Morgan fingerprint density at radius 2 is 1.91 bits per heavy atom. The number of benzene rings is 1. The van der Waals surface area contributed by atoms with Crippen molar-refractivity contribution >= 4 is 0 Å². The molecule has 0 amide bonds. The van der Waals surface area contributed by atoms with Crippen LogP contribution < -0.4 is 0 Å². The Bertz CT molecular complexity index is 754. The van der Waals surface area contributed by atoms with E-state index in [0.717, 1.165) is 22.0 Å². The van der Waals surface area contributed by atoms with Crippen LogP contribution >= 0.6 is 0 Å². The normalized spacial score (nSPS) is 11.0. The van der Waals surface area contributed by atoms with E-state index in [1.165, 1.54) is 6.20 Å². The van der Waals surface area contributed by atoms with Gasteiger partial charge in [0, 0.05) is 38.2 Å². The van der Waals surface area contributed by atoms with E-state index in [2.05, 4.69) is 16.1 Å². The second kappa shape index (κ2) is 6.42. The maximum absolute atomic E-state index is 12.6. The molecule has 0 atom stereocenters. The molecular weight excluding hydrogens is 471 g/mol. The Morgan fingerprint density at radius 3 is 2.55 bits per heavy atom. The van der Waals surface area contributed by atoms with Gasteiger partial charge in [0.05, 0.1) is 0 Å². The number of pyridine rings is 1. The van der Waals surface area contributed by atoms with Gasteiger partial charge in [0.25, 0.3) is 0 Å². The quantitative estimate of drug-likeness (QED) is 0.524. The van der Waals surface area contributed by atoms with Gasteiger partial charge in [0.2, 0.25) is 0 Å². The van der Waals surface area contributed by atoms with Crippen LogP contribution in [-0.4, -0.2) is 14.8 Å². The molecule has 115 valence electrons. The molecule has 1 radical (unpaired) electrons. The van der Waals surface area contributed by atoms with Crippen molar-refractivity contribution in [3.8, 4) is 16.9 Å². The molecule has 3 rings (SSSR count). The van der Waals surface area contributed by atoms with Crippen LogP contribution in [0.5, 0.6) is 0 Å². The Balaban J connectivity index is 0.00000176. The molecule has 0 aliphatic carbocycles. The minimum absolute atomic E-state index is 0. The Kier molecular flexibility index (Phi) is 4.78. The van der Waals surface area contributed by atoms with Crippen molar-refractivity contribution in [2.24, 2.45) is 0 Å². The van der Waals surface area contributed by atoms with Crippen LogP contribution in [0, 0.1) is 6.07 Å². The summed E-state index contributed by atoms with van der Waals surface area (Å²) in [6.07, 6.45) is -1.54. The van der Waals surface area contributed by atoms with Crippen LogP contribution in [0.4, 0.5) is 13.2 Å². The average Bonchev–Trinajstić information content (AvgIpc) is 2.98. The van der Waals surface area contributed by atoms with Crippen molar-refractivity contribution in [1.82, 2.24) is 14.8 Å². The molecule has 0 fully saturated rings. The van der Waals surface area contributed by atoms with E-state index in [-0.39, 0.29) is 20.1 Å². The maximum atomic E-state index is 12.6. The van der Waals surface area contributed by atoms with Gasteiger partial charge in [-0.3, -0.25) is 9.67 Å². The summed E-state index contributed by atoms with van der Waals surface area (Å²) in [6, 6.07) is 14.4. The minimum Gasteiger partial charge on any atom is -0.265 e. The molecule has 22 heavy (non-hydrogen) atoms. The number of hydrogen-bond donors (Lipinski definition) is 0. The predicted octanol–water partition coefficient (Wildman–Crippen LogP) is 3.75. The molecular formula is C15H9F3IrN3-. The van der Waals surface area contributed by atoms with Crippen LogP contribution in [0.3, 0.4) is 0 Å². The van der Waals surface area contributed by atoms with Crippen molar-refractivity contribution in [3.63, 3.8) is 0 Å². The first-order chi connectivity index (χ1) is 10.0. The van der Waals surface area contributed by atoms with Gasteiger partial charge in [-0.1, -0.05) is 6.07 Å². The van der Waals surface area contributed by atoms with Crippen molar-refractivity contribution in [2.45, 2.75) is 6.18 Å². The van der Waals surface area contributed by atoms with Crippen molar-refractivity contribution in [2.75, 3.05) is 0 Å². The number of hydrogen-bond acceptors (Lipinski definition) is 2. The summed E-state index contributed by atoms with van der Waals surface area (Å²) in [7, 11) is 0. The third kappa shape index (κ3) is 3.43. The van der Waals surface area contributed by atoms with Crippen LogP contribution in [0.15, 0.2) is 54.9 Å². The van der Waals surface area contributed by atoms with E-state index >= 15 is 0 Å². The zero-order valence-corrected chi connectivity index (χ0v) is 13.4. The van der Waals surface area contributed by atoms with Crippen LogP contribution in [0.25, 0.3) is 16.9 Å². The van der Waals surface area contributed by atoms with Crippen LogP contribution in [0.1, 0.15) is 5.69 Å². The van der Waals surface area contributed by atoms with Crippen molar-refractivity contribution in [3.05, 3.63) is 66.6 Å². The van der Waals surface area contributed by atoms with Crippen LogP contribution in [-0.2, 0) is 26.3 Å². The fourth-order valence-electron chi connectivity index (χ4n) is 1.89. The molecule has 0 N–H and O–H groups in total. The Morgan fingerprint density at radius 1 is 1.09 bits per heavy atom. The van der Waals surface area contributed by atoms with Crippen molar-refractivity contribution in [1.29, 1.82) is 0 Å². The average molecular weight is 480 g/mol. The molecule has 1 aromatic carbocycles. The molecule has 2 aromatic heterocycles. The summed E-state index contributed by atoms with van der Waals surface area (Å²) in [4.78, 5) is 4.20. The maximum Gasteiger partial charge on any atom is 0.435 e. The first-order valence-corrected chi connectivity index (χ1v) is 6.10. The zero-order valence-electron chi connectivity index (χ0n) is 11.0. The summed E-state index contributed by atoms with van der Waals surface area (Å²) in [5.74, 6) is 0. The fraction of sp³-hybridized carbons (Fsp3) is 0.0667. The number of nitrogens with zero attached hydrogens (tertiary/aromatic N) is 3. The van der Waals surface area contributed by atoms with Gasteiger partial charge in [-0.05, 0) is 23.9 Å². The first-order valence-electron chi connectivity index (χ1n) is 6.10. The molecule has 0 saturated heterocycles. The molecule has 0 bridgehead atoms. The van der Waals surface area contributed by atoms with Gasteiger partial charge in [-0.2, -0.15) is 36.5 Å². The van der Waals surface area contributed by atoms with Gasteiger partial charge < -0.3 is 0 Å². The molecule has 3 aromatic rings. The third-order valence-corrected chi connectivity index (χ3v) is 2.87. The SMILES string of the molecule is FC(F)(F)c1ccn(-c2[c-]ccc(-c3ccccn3)c2)n1.[Ir]. The Hall–Kier alpha value is -1.98. The van der Waals surface area contributed by atoms with Gasteiger partial charge in [-0.15, -0.1) is 11.6 Å². The van der Waals surface area contributed by atoms with E-state index < -0.39 is 11.9 Å². The summed E-state index contributed by atoms with van der Waals surface area (Å²) < 4.78 is 38.8. The predicted molar refractivity (Wildman–Crippen MR) is 70.6 cm³/mol. The Labute approximate surface area is 138 Å². The molecule has 0 spiro atoms. The summed E-state index contributed by atoms with van der Waals surface area (Å²) in [6.45, 7) is 0. The molecule has 0 saturated carbocycles. The van der Waals surface area contributed by atoms with E-state index in [1.807, 2.05) is 12.1 Å². The van der Waals surface area contributed by atoms with Gasteiger partial charge in [0.15, 0.2) is 5.69 Å². The van der Waals surface area contributed by atoms with Crippen molar-refractivity contribution < 1.29 is 33.3 Å². The topological polar surface area (TPSA) is 30.7 Å². The van der Waals surface area contributed by atoms with Gasteiger partial charge in [0.1, 0.15) is 0 Å². The second-order valence-electron chi connectivity index (χ2n) is 4.32. The number of aromatic nitrogens is 3. The molecule has 0 aliphatic heterocycles. The monoisotopic (exact) mass is 481 g/mol. The van der Waals surface area contributed by atoms with Crippen LogP contribution in [0.2, 0.25) is 0 Å². The molecule has 2 heterocycles. The minimum atomic E-state index is -4.45.